The number of imidazole rings is 1. The summed E-state index contributed by atoms with van der Waals surface area (Å²) in [6, 6.07) is 17.3. The van der Waals surface area contributed by atoms with E-state index in [9.17, 15) is 8.78 Å². The molecule has 0 spiro atoms. The van der Waals surface area contributed by atoms with E-state index >= 15 is 0 Å². The van der Waals surface area contributed by atoms with Gasteiger partial charge in [-0.3, -0.25) is 4.90 Å². The van der Waals surface area contributed by atoms with E-state index in [-0.39, 0.29) is 35.6 Å². The quantitative estimate of drug-likeness (QED) is 0.307. The maximum Gasteiger partial charge on any atom is 0.250 e. The molecule has 2 aromatic carbocycles. The normalized spacial score (nSPS) is 18.1. The van der Waals surface area contributed by atoms with Crippen LogP contribution in [0.1, 0.15) is 47.8 Å². The zero-order chi connectivity index (χ0) is 26.8. The largest absolute Gasteiger partial charge is 0.471 e. The standard InChI is InChI=1S/C30H29F2N5O2/c31-24-7-8-26(35-30(24)39-19-22-6-5-20(16-33)15-25(22)32)21-9-12-36(13-10-21)18-29-34-27-3-1-2-4-28(27)37(29)17-23-11-14-38-23/h1-8,15,21,23H,9-14,17-19H2/t23-/m0/s1. The average Bonchev–Trinajstić information content (AvgIpc) is 3.27. The van der Waals surface area contributed by atoms with Crippen LogP contribution >= 0.6 is 0 Å². The maximum absolute atomic E-state index is 14.5. The first-order valence-electron chi connectivity index (χ1n) is 13.3. The van der Waals surface area contributed by atoms with Crippen molar-refractivity contribution in [1.82, 2.24) is 19.4 Å². The first-order valence-corrected chi connectivity index (χ1v) is 13.3. The molecule has 2 aliphatic rings. The Kier molecular flexibility index (Phi) is 7.22. The first kappa shape index (κ1) is 25.4. The number of nitriles is 1. The second kappa shape index (κ2) is 11.1. The lowest BCUT2D eigenvalue weighted by molar-refractivity contribution is -0.0592. The van der Waals surface area contributed by atoms with Crippen molar-refractivity contribution in [1.29, 1.82) is 5.26 Å². The molecular formula is C30H29F2N5O2. The van der Waals surface area contributed by atoms with Crippen molar-refractivity contribution in [2.24, 2.45) is 0 Å². The van der Waals surface area contributed by atoms with Crippen molar-refractivity contribution in [3.05, 3.63) is 88.9 Å². The van der Waals surface area contributed by atoms with Gasteiger partial charge in [0.1, 0.15) is 18.2 Å². The Morgan fingerprint density at radius 3 is 2.56 bits per heavy atom. The number of hydrogen-bond acceptors (Lipinski definition) is 6. The molecular weight excluding hydrogens is 500 g/mol. The summed E-state index contributed by atoms with van der Waals surface area (Å²) in [6.45, 7) is 3.99. The predicted molar refractivity (Wildman–Crippen MR) is 141 cm³/mol. The van der Waals surface area contributed by atoms with E-state index in [1.807, 2.05) is 18.2 Å². The van der Waals surface area contributed by atoms with Crippen LogP contribution in [0, 0.1) is 23.0 Å². The number of para-hydroxylation sites is 2. The van der Waals surface area contributed by atoms with Crippen LogP contribution in [-0.2, 0) is 24.4 Å². The van der Waals surface area contributed by atoms with Crippen LogP contribution in [0.5, 0.6) is 5.88 Å². The molecule has 0 bridgehead atoms. The fourth-order valence-electron chi connectivity index (χ4n) is 5.32. The van der Waals surface area contributed by atoms with Crippen molar-refractivity contribution < 1.29 is 18.3 Å². The number of nitrogens with zero attached hydrogens (tertiary/aromatic N) is 5. The van der Waals surface area contributed by atoms with E-state index < -0.39 is 11.6 Å². The summed E-state index contributed by atoms with van der Waals surface area (Å²) in [5, 5.41) is 8.91. The molecule has 2 saturated heterocycles. The molecule has 2 fully saturated rings. The topological polar surface area (TPSA) is 76.2 Å². The molecule has 0 N–H and O–H groups in total. The monoisotopic (exact) mass is 529 g/mol. The number of rotatable bonds is 8. The molecule has 0 aliphatic carbocycles. The fraction of sp³-hybridized carbons (Fsp3) is 0.367. The van der Waals surface area contributed by atoms with Crippen LogP contribution in [0.4, 0.5) is 8.78 Å². The Morgan fingerprint density at radius 1 is 1.00 bits per heavy atom. The van der Waals surface area contributed by atoms with E-state index in [0.29, 0.717) is 0 Å². The molecule has 6 rings (SSSR count). The maximum atomic E-state index is 14.5. The minimum absolute atomic E-state index is 0.134. The average molecular weight is 530 g/mol. The summed E-state index contributed by atoms with van der Waals surface area (Å²) in [6.07, 6.45) is 3.10. The molecule has 9 heteroatoms. The molecule has 7 nitrogen and oxygen atoms in total. The summed E-state index contributed by atoms with van der Waals surface area (Å²) >= 11 is 0. The number of aromatic nitrogens is 3. The van der Waals surface area contributed by atoms with Crippen molar-refractivity contribution >= 4 is 11.0 Å². The molecule has 2 aromatic heterocycles. The molecule has 1 atom stereocenters. The van der Waals surface area contributed by atoms with Gasteiger partial charge in [-0.2, -0.15) is 5.26 Å². The van der Waals surface area contributed by atoms with Gasteiger partial charge in [-0.05, 0) is 68.8 Å². The number of benzene rings is 2. The number of pyridine rings is 1. The zero-order valence-corrected chi connectivity index (χ0v) is 21.5. The van der Waals surface area contributed by atoms with Crippen LogP contribution in [-0.4, -0.2) is 45.2 Å². The molecule has 4 heterocycles. The predicted octanol–water partition coefficient (Wildman–Crippen LogP) is 5.33. The highest BCUT2D eigenvalue weighted by molar-refractivity contribution is 5.75. The van der Waals surface area contributed by atoms with Gasteiger partial charge >= 0.3 is 0 Å². The first-order chi connectivity index (χ1) is 19.1. The zero-order valence-electron chi connectivity index (χ0n) is 21.5. The minimum Gasteiger partial charge on any atom is -0.471 e. The minimum atomic E-state index is -0.584. The highest BCUT2D eigenvalue weighted by Gasteiger charge is 2.26. The van der Waals surface area contributed by atoms with Crippen LogP contribution < -0.4 is 4.74 Å². The van der Waals surface area contributed by atoms with E-state index in [0.717, 1.165) is 80.7 Å². The van der Waals surface area contributed by atoms with Gasteiger partial charge in [0.15, 0.2) is 5.82 Å². The third-order valence-corrected chi connectivity index (χ3v) is 7.67. The van der Waals surface area contributed by atoms with Crippen molar-refractivity contribution in [2.75, 3.05) is 19.7 Å². The molecule has 0 unspecified atom stereocenters. The summed E-state index contributed by atoms with van der Waals surface area (Å²) in [5.74, 6) is -0.0502. The number of halogens is 2. The molecule has 0 saturated carbocycles. The van der Waals surface area contributed by atoms with Crippen LogP contribution in [0.25, 0.3) is 11.0 Å². The Labute approximate surface area is 225 Å². The smallest absolute Gasteiger partial charge is 0.250 e. The summed E-state index contributed by atoms with van der Waals surface area (Å²) in [4.78, 5) is 11.8. The Hall–Kier alpha value is -3.87. The van der Waals surface area contributed by atoms with E-state index in [1.54, 1.807) is 6.07 Å². The number of likely N-dealkylation sites (tertiary alicyclic amines) is 1. The van der Waals surface area contributed by atoms with Gasteiger partial charge in [-0.25, -0.2) is 18.7 Å². The van der Waals surface area contributed by atoms with Gasteiger partial charge in [0.25, 0.3) is 5.88 Å². The second-order valence-corrected chi connectivity index (χ2v) is 10.2. The van der Waals surface area contributed by atoms with Gasteiger partial charge < -0.3 is 14.0 Å². The summed E-state index contributed by atoms with van der Waals surface area (Å²) < 4.78 is 42.2. The van der Waals surface area contributed by atoms with Crippen molar-refractivity contribution in [3.63, 3.8) is 0 Å². The molecule has 39 heavy (non-hydrogen) atoms. The molecule has 0 radical (unpaired) electrons. The summed E-state index contributed by atoms with van der Waals surface area (Å²) in [5.41, 5.74) is 3.38. The number of hydrogen-bond donors (Lipinski definition) is 0. The highest BCUT2D eigenvalue weighted by Crippen LogP contribution is 2.30. The number of fused-ring (bicyclic) bond motifs is 1. The Bertz CT molecular complexity index is 1520. The third-order valence-electron chi connectivity index (χ3n) is 7.67. The van der Waals surface area contributed by atoms with Crippen molar-refractivity contribution in [2.45, 2.75) is 51.0 Å². The lowest BCUT2D eigenvalue weighted by atomic mass is 9.93. The van der Waals surface area contributed by atoms with Gasteiger partial charge in [0.05, 0.1) is 41.9 Å². The molecule has 4 aromatic rings. The van der Waals surface area contributed by atoms with Gasteiger partial charge in [0, 0.05) is 23.8 Å². The van der Waals surface area contributed by atoms with E-state index in [1.165, 1.54) is 18.2 Å². The van der Waals surface area contributed by atoms with Gasteiger partial charge in [-0.15, -0.1) is 0 Å². The number of piperidine rings is 1. The van der Waals surface area contributed by atoms with Crippen molar-refractivity contribution in [3.8, 4) is 11.9 Å². The van der Waals surface area contributed by atoms with Gasteiger partial charge in [0.2, 0.25) is 0 Å². The van der Waals surface area contributed by atoms with Crippen LogP contribution in [0.15, 0.2) is 54.6 Å². The highest BCUT2D eigenvalue weighted by atomic mass is 19.1. The Balaban J connectivity index is 1.10. The van der Waals surface area contributed by atoms with E-state index in [4.69, 9.17) is 19.7 Å². The Morgan fingerprint density at radius 2 is 1.82 bits per heavy atom. The third kappa shape index (κ3) is 5.49. The van der Waals surface area contributed by atoms with Gasteiger partial charge in [-0.1, -0.05) is 18.2 Å². The number of ether oxygens (including phenoxy) is 2. The molecule has 0 amide bonds. The fourth-order valence-corrected chi connectivity index (χ4v) is 5.32. The van der Waals surface area contributed by atoms with Crippen LogP contribution in [0.3, 0.4) is 0 Å². The van der Waals surface area contributed by atoms with E-state index in [2.05, 4.69) is 26.6 Å². The SMILES string of the molecule is N#Cc1ccc(COc2nc(C3CCN(Cc4nc5ccccc5n4C[C@@H]4CCO4)CC3)ccc2F)c(F)c1. The summed E-state index contributed by atoms with van der Waals surface area (Å²) in [7, 11) is 0. The van der Waals surface area contributed by atoms with Crippen LogP contribution in [0.2, 0.25) is 0 Å². The molecule has 200 valence electrons. The second-order valence-electron chi connectivity index (χ2n) is 10.2. The lowest BCUT2D eigenvalue weighted by Gasteiger charge is -2.32. The lowest BCUT2D eigenvalue weighted by Crippen LogP contribution is -2.35. The molecule has 2 aliphatic heterocycles.